The van der Waals surface area contributed by atoms with E-state index in [1.165, 1.54) is 21.3 Å². The Hall–Kier alpha value is -2.80. The van der Waals surface area contributed by atoms with Crippen LogP contribution in [0.1, 0.15) is 67.6 Å². The third-order valence-electron chi connectivity index (χ3n) is 6.03. The van der Waals surface area contributed by atoms with Gasteiger partial charge in [-0.05, 0) is 54.7 Å². The number of aryl methyl sites for hydroxylation is 1. The van der Waals surface area contributed by atoms with Crippen LogP contribution in [0.4, 0.5) is 0 Å². The summed E-state index contributed by atoms with van der Waals surface area (Å²) in [6, 6.07) is 7.34. The van der Waals surface area contributed by atoms with Gasteiger partial charge in [0.1, 0.15) is 10.9 Å². The Balaban J connectivity index is 1.51. The maximum Gasteiger partial charge on any atom is 0.263 e. The standard InChI is InChI=1S/C24H28N4O2S/c1-14(2)18-8-6-17(7-9-18)12-26-27-22(29)16(4)28-13-25-23-21(24(28)30)19-10-5-15(3)11-20(19)31-23/h6-9,12-16H,5,10-11H2,1-4H3,(H,27,29)/t15-,16+/m1/s1. The van der Waals surface area contributed by atoms with E-state index in [0.29, 0.717) is 17.2 Å². The van der Waals surface area contributed by atoms with Crippen LogP contribution < -0.4 is 11.0 Å². The lowest BCUT2D eigenvalue weighted by atomic mass is 9.89. The second-order valence-corrected chi connectivity index (χ2v) is 9.80. The van der Waals surface area contributed by atoms with Gasteiger partial charge in [0.05, 0.1) is 17.9 Å². The van der Waals surface area contributed by atoms with Crippen molar-refractivity contribution in [1.29, 1.82) is 0 Å². The number of hydrazone groups is 1. The zero-order valence-corrected chi connectivity index (χ0v) is 19.2. The average Bonchev–Trinajstić information content (AvgIpc) is 3.12. The fraction of sp³-hybridized carbons (Fsp3) is 0.417. The molecule has 1 amide bonds. The topological polar surface area (TPSA) is 76.3 Å². The van der Waals surface area contributed by atoms with Crippen molar-refractivity contribution in [2.45, 2.75) is 58.9 Å². The SMILES string of the molecule is CC(C)c1ccc(C=NNC(=O)[C@H](C)n2cnc3sc4c(c3c2=O)CC[C@@H](C)C4)cc1. The van der Waals surface area contributed by atoms with Gasteiger partial charge in [-0.2, -0.15) is 5.10 Å². The van der Waals surface area contributed by atoms with E-state index in [4.69, 9.17) is 0 Å². The molecule has 6 nitrogen and oxygen atoms in total. The van der Waals surface area contributed by atoms with Gasteiger partial charge in [0, 0.05) is 4.88 Å². The second-order valence-electron chi connectivity index (χ2n) is 8.72. The number of fused-ring (bicyclic) bond motifs is 3. The lowest BCUT2D eigenvalue weighted by molar-refractivity contribution is -0.123. The van der Waals surface area contributed by atoms with Gasteiger partial charge in [0.2, 0.25) is 0 Å². The lowest BCUT2D eigenvalue weighted by Crippen LogP contribution is -2.34. The first-order valence-corrected chi connectivity index (χ1v) is 11.6. The van der Waals surface area contributed by atoms with Crippen molar-refractivity contribution in [2.75, 3.05) is 0 Å². The molecule has 0 saturated heterocycles. The Morgan fingerprint density at radius 3 is 2.74 bits per heavy atom. The second kappa shape index (κ2) is 8.75. The normalized spacial score (nSPS) is 17.3. The number of carbonyl (C=O) groups is 1. The van der Waals surface area contributed by atoms with Gasteiger partial charge in [-0.25, -0.2) is 10.4 Å². The van der Waals surface area contributed by atoms with E-state index in [2.05, 4.69) is 48.4 Å². The van der Waals surface area contributed by atoms with Crippen LogP contribution in [0.3, 0.4) is 0 Å². The average molecular weight is 437 g/mol. The molecule has 3 aromatic rings. The molecule has 0 bridgehead atoms. The fourth-order valence-corrected chi connectivity index (χ4v) is 5.32. The number of thiophene rings is 1. The molecule has 0 aliphatic heterocycles. The van der Waals surface area contributed by atoms with Gasteiger partial charge < -0.3 is 0 Å². The molecule has 4 rings (SSSR count). The Morgan fingerprint density at radius 1 is 1.29 bits per heavy atom. The van der Waals surface area contributed by atoms with Crippen molar-refractivity contribution in [2.24, 2.45) is 11.0 Å². The minimum Gasteiger partial charge on any atom is -0.286 e. The van der Waals surface area contributed by atoms with E-state index < -0.39 is 6.04 Å². The summed E-state index contributed by atoms with van der Waals surface area (Å²) >= 11 is 1.61. The minimum absolute atomic E-state index is 0.145. The van der Waals surface area contributed by atoms with Crippen LogP contribution in [0.5, 0.6) is 0 Å². The van der Waals surface area contributed by atoms with E-state index in [0.717, 1.165) is 35.2 Å². The number of hydrogen-bond acceptors (Lipinski definition) is 5. The van der Waals surface area contributed by atoms with Crippen LogP contribution in [0.15, 0.2) is 40.5 Å². The van der Waals surface area contributed by atoms with Gasteiger partial charge in [-0.15, -0.1) is 11.3 Å². The third kappa shape index (κ3) is 4.32. The number of carbonyl (C=O) groups excluding carboxylic acids is 1. The molecule has 1 N–H and O–H groups in total. The highest BCUT2D eigenvalue weighted by Crippen LogP contribution is 2.35. The van der Waals surface area contributed by atoms with E-state index in [1.807, 2.05) is 12.1 Å². The first-order valence-electron chi connectivity index (χ1n) is 10.8. The summed E-state index contributed by atoms with van der Waals surface area (Å²) in [5.41, 5.74) is 5.68. The molecule has 1 aliphatic rings. The molecule has 31 heavy (non-hydrogen) atoms. The first kappa shape index (κ1) is 21.4. The third-order valence-corrected chi connectivity index (χ3v) is 7.19. The van der Waals surface area contributed by atoms with Crippen LogP contribution in [-0.4, -0.2) is 21.7 Å². The maximum absolute atomic E-state index is 13.2. The Kier molecular flexibility index (Phi) is 6.05. The maximum atomic E-state index is 13.2. The molecular weight excluding hydrogens is 408 g/mol. The minimum atomic E-state index is -0.706. The van der Waals surface area contributed by atoms with Crippen LogP contribution in [0.2, 0.25) is 0 Å². The smallest absolute Gasteiger partial charge is 0.263 e. The summed E-state index contributed by atoms with van der Waals surface area (Å²) in [6.07, 6.45) is 6.07. The van der Waals surface area contributed by atoms with Gasteiger partial charge in [-0.1, -0.05) is 45.0 Å². The van der Waals surface area contributed by atoms with Crippen LogP contribution in [-0.2, 0) is 17.6 Å². The highest BCUT2D eigenvalue weighted by atomic mass is 32.1. The summed E-state index contributed by atoms with van der Waals surface area (Å²) in [5.74, 6) is 0.746. The fourth-order valence-electron chi connectivity index (χ4n) is 3.98. The molecule has 1 aliphatic carbocycles. The highest BCUT2D eigenvalue weighted by molar-refractivity contribution is 7.18. The molecule has 0 fully saturated rings. The highest BCUT2D eigenvalue weighted by Gasteiger charge is 2.25. The summed E-state index contributed by atoms with van der Waals surface area (Å²) < 4.78 is 1.41. The van der Waals surface area contributed by atoms with E-state index in [1.54, 1.807) is 24.5 Å². The molecule has 2 heterocycles. The largest absolute Gasteiger partial charge is 0.286 e. The lowest BCUT2D eigenvalue weighted by Gasteiger charge is -2.18. The number of amides is 1. The van der Waals surface area contributed by atoms with Crippen LogP contribution >= 0.6 is 11.3 Å². The van der Waals surface area contributed by atoms with E-state index >= 15 is 0 Å². The summed E-state index contributed by atoms with van der Waals surface area (Å²) in [7, 11) is 0. The Bertz CT molecular complexity index is 1190. The zero-order chi connectivity index (χ0) is 22.1. The Labute approximate surface area is 186 Å². The molecule has 0 saturated carbocycles. The van der Waals surface area contributed by atoms with E-state index in [-0.39, 0.29) is 11.5 Å². The predicted molar refractivity (Wildman–Crippen MR) is 126 cm³/mol. The molecule has 2 aromatic heterocycles. The summed E-state index contributed by atoms with van der Waals surface area (Å²) in [5, 5.41) is 4.75. The molecule has 2 atom stereocenters. The van der Waals surface area contributed by atoms with Crippen LogP contribution in [0.25, 0.3) is 10.2 Å². The van der Waals surface area contributed by atoms with Crippen molar-refractivity contribution in [3.63, 3.8) is 0 Å². The zero-order valence-electron chi connectivity index (χ0n) is 18.4. The molecule has 0 radical (unpaired) electrons. The van der Waals surface area contributed by atoms with Gasteiger partial charge in [-0.3, -0.25) is 14.2 Å². The van der Waals surface area contributed by atoms with Gasteiger partial charge in [0.15, 0.2) is 0 Å². The van der Waals surface area contributed by atoms with Gasteiger partial charge in [0.25, 0.3) is 11.5 Å². The monoisotopic (exact) mass is 436 g/mol. The number of aromatic nitrogens is 2. The number of nitrogens with one attached hydrogen (secondary N) is 1. The Morgan fingerprint density at radius 2 is 2.03 bits per heavy atom. The molecule has 0 spiro atoms. The molecule has 0 unspecified atom stereocenters. The van der Waals surface area contributed by atoms with E-state index in [9.17, 15) is 9.59 Å². The first-order chi connectivity index (χ1) is 14.8. The van der Waals surface area contributed by atoms with Crippen LogP contribution in [0, 0.1) is 5.92 Å². The van der Waals surface area contributed by atoms with Crippen molar-refractivity contribution < 1.29 is 4.79 Å². The van der Waals surface area contributed by atoms with Crippen molar-refractivity contribution in [3.8, 4) is 0 Å². The number of rotatable bonds is 5. The molecule has 7 heteroatoms. The molecule has 162 valence electrons. The number of benzene rings is 1. The quantitative estimate of drug-likeness (QED) is 0.475. The number of hydrogen-bond donors (Lipinski definition) is 1. The van der Waals surface area contributed by atoms with Crippen molar-refractivity contribution in [1.82, 2.24) is 15.0 Å². The van der Waals surface area contributed by atoms with Crippen molar-refractivity contribution in [3.05, 3.63) is 62.5 Å². The molecule has 1 aromatic carbocycles. The van der Waals surface area contributed by atoms with Gasteiger partial charge >= 0.3 is 0 Å². The molecular formula is C24H28N4O2S. The number of nitrogens with zero attached hydrogens (tertiary/aromatic N) is 3. The summed E-state index contributed by atoms with van der Waals surface area (Å²) in [6.45, 7) is 8.22. The summed E-state index contributed by atoms with van der Waals surface area (Å²) in [4.78, 5) is 32.3. The van der Waals surface area contributed by atoms with Crippen molar-refractivity contribution >= 4 is 33.7 Å². The predicted octanol–water partition coefficient (Wildman–Crippen LogP) is 4.42.